The van der Waals surface area contributed by atoms with Gasteiger partial charge in [0, 0.05) is 30.9 Å². The number of ether oxygens (including phenoxy) is 1. The molecule has 8 nitrogen and oxygen atoms in total. The molecule has 0 radical (unpaired) electrons. The van der Waals surface area contributed by atoms with E-state index in [1.54, 1.807) is 20.0 Å². The van der Waals surface area contributed by atoms with Gasteiger partial charge in [0.1, 0.15) is 17.4 Å². The molecule has 1 aromatic heterocycles. The van der Waals surface area contributed by atoms with E-state index >= 15 is 0 Å². The molecular formula is C17H14N4O4. The molecule has 8 heteroatoms. The Kier molecular flexibility index (Phi) is 3.77. The summed E-state index contributed by atoms with van der Waals surface area (Å²) in [4.78, 5) is 23.1. The number of nitro benzene ring substituents is 1. The maximum atomic E-state index is 12.8. The molecule has 3 rings (SSSR count). The monoisotopic (exact) mass is 338 g/mol. The molecule has 126 valence electrons. The van der Waals surface area contributed by atoms with Crippen molar-refractivity contribution in [3.63, 3.8) is 0 Å². The number of benzene rings is 1. The fourth-order valence-corrected chi connectivity index (χ4v) is 2.86. The molecule has 2 heterocycles. The van der Waals surface area contributed by atoms with Gasteiger partial charge in [-0.1, -0.05) is 12.1 Å². The van der Waals surface area contributed by atoms with Gasteiger partial charge in [0.25, 0.3) is 11.2 Å². The molecule has 0 amide bonds. The minimum atomic E-state index is -0.742. The van der Waals surface area contributed by atoms with Crippen molar-refractivity contribution in [3.05, 3.63) is 79.1 Å². The van der Waals surface area contributed by atoms with Crippen LogP contribution >= 0.6 is 0 Å². The van der Waals surface area contributed by atoms with Gasteiger partial charge >= 0.3 is 0 Å². The molecule has 2 N–H and O–H groups in total. The summed E-state index contributed by atoms with van der Waals surface area (Å²) in [6, 6.07) is 9.35. The number of hydrogen-bond donors (Lipinski definition) is 1. The zero-order valence-electron chi connectivity index (χ0n) is 13.5. The Balaban J connectivity index is 2.27. The lowest BCUT2D eigenvalue weighted by molar-refractivity contribution is -0.384. The van der Waals surface area contributed by atoms with E-state index in [0.717, 1.165) is 0 Å². The lowest BCUT2D eigenvalue weighted by Crippen LogP contribution is -2.31. The summed E-state index contributed by atoms with van der Waals surface area (Å²) in [5.74, 6) is -0.527. The Morgan fingerprint density at radius 1 is 1.36 bits per heavy atom. The van der Waals surface area contributed by atoms with Crippen molar-refractivity contribution in [1.82, 2.24) is 4.57 Å². The first-order chi connectivity index (χ1) is 11.8. The highest BCUT2D eigenvalue weighted by Gasteiger charge is 2.34. The fourth-order valence-electron chi connectivity index (χ4n) is 2.86. The van der Waals surface area contributed by atoms with Gasteiger partial charge in [-0.3, -0.25) is 14.9 Å². The third-order valence-corrected chi connectivity index (χ3v) is 4.29. The van der Waals surface area contributed by atoms with E-state index < -0.39 is 10.8 Å². The highest BCUT2D eigenvalue weighted by atomic mass is 16.6. The summed E-state index contributed by atoms with van der Waals surface area (Å²) >= 11 is 0. The van der Waals surface area contributed by atoms with E-state index in [2.05, 4.69) is 0 Å². The van der Waals surface area contributed by atoms with Gasteiger partial charge in [0.2, 0.25) is 5.88 Å². The number of nitro groups is 1. The molecule has 1 aromatic carbocycles. The summed E-state index contributed by atoms with van der Waals surface area (Å²) in [5.41, 5.74) is 7.09. The van der Waals surface area contributed by atoms with Gasteiger partial charge in [-0.2, -0.15) is 5.26 Å². The molecule has 0 spiro atoms. The summed E-state index contributed by atoms with van der Waals surface area (Å²) in [6.07, 6.45) is 0. The van der Waals surface area contributed by atoms with Crippen LogP contribution in [0.25, 0.3) is 0 Å². The number of hydrogen-bond acceptors (Lipinski definition) is 6. The van der Waals surface area contributed by atoms with Gasteiger partial charge < -0.3 is 15.0 Å². The van der Waals surface area contributed by atoms with Crippen LogP contribution in [0.2, 0.25) is 0 Å². The Labute approximate surface area is 142 Å². The van der Waals surface area contributed by atoms with Crippen molar-refractivity contribution < 1.29 is 9.66 Å². The predicted octanol–water partition coefficient (Wildman–Crippen LogP) is 1.82. The minimum absolute atomic E-state index is 0.0778. The first-order valence-electron chi connectivity index (χ1n) is 7.37. The van der Waals surface area contributed by atoms with Crippen molar-refractivity contribution in [3.8, 4) is 11.8 Å². The zero-order chi connectivity index (χ0) is 18.3. The summed E-state index contributed by atoms with van der Waals surface area (Å²) < 4.78 is 6.93. The Morgan fingerprint density at radius 3 is 2.56 bits per heavy atom. The van der Waals surface area contributed by atoms with Crippen LogP contribution in [0.4, 0.5) is 5.69 Å². The van der Waals surface area contributed by atoms with Crippen LogP contribution in [0.5, 0.6) is 5.75 Å². The fraction of sp³-hybridized carbons (Fsp3) is 0.176. The second-order valence-electron chi connectivity index (χ2n) is 5.70. The predicted molar refractivity (Wildman–Crippen MR) is 88.8 cm³/mol. The van der Waals surface area contributed by atoms with Crippen LogP contribution in [-0.4, -0.2) is 9.49 Å². The molecule has 1 aliphatic rings. The first kappa shape index (κ1) is 16.3. The second-order valence-corrected chi connectivity index (χ2v) is 5.70. The molecule has 0 saturated carbocycles. The number of pyridine rings is 1. The molecule has 0 bridgehead atoms. The molecule has 0 aliphatic carbocycles. The number of nitrogens with zero attached hydrogens (tertiary/aromatic N) is 3. The lowest BCUT2D eigenvalue weighted by atomic mass is 9.84. The summed E-state index contributed by atoms with van der Waals surface area (Å²) in [5, 5.41) is 20.3. The number of aromatic nitrogens is 1. The van der Waals surface area contributed by atoms with Crippen molar-refractivity contribution in [2.75, 3.05) is 0 Å². The van der Waals surface area contributed by atoms with Crippen molar-refractivity contribution in [1.29, 1.82) is 5.26 Å². The topological polar surface area (TPSA) is 124 Å². The normalized spacial score (nSPS) is 16.0. The summed E-state index contributed by atoms with van der Waals surface area (Å²) in [6.45, 7) is 1.76. The number of non-ortho nitro benzene ring substituents is 1. The number of allylic oxidation sites excluding steroid dienone is 1. The third-order valence-electron chi connectivity index (χ3n) is 4.29. The quantitative estimate of drug-likeness (QED) is 0.658. The SMILES string of the molecule is Cc1cc2c(c(=O)n1C)[C@H](c1ccc([N+](=O)[O-])cc1)C(C#N)=C(N)O2. The van der Waals surface area contributed by atoms with Gasteiger partial charge in [-0.15, -0.1) is 0 Å². The molecule has 0 saturated heterocycles. The number of nitriles is 1. The Bertz CT molecular complexity index is 1010. The molecule has 0 unspecified atom stereocenters. The molecule has 0 fully saturated rings. The van der Waals surface area contributed by atoms with Gasteiger partial charge in [0.05, 0.1) is 16.4 Å². The van der Waals surface area contributed by atoms with Crippen LogP contribution in [0.15, 0.2) is 46.6 Å². The molecule has 1 aliphatic heterocycles. The number of aryl methyl sites for hydroxylation is 1. The van der Waals surface area contributed by atoms with E-state index in [4.69, 9.17) is 10.5 Å². The zero-order valence-corrected chi connectivity index (χ0v) is 13.5. The van der Waals surface area contributed by atoms with Crippen LogP contribution in [0, 0.1) is 28.4 Å². The van der Waals surface area contributed by atoms with Crippen LogP contribution in [0.1, 0.15) is 22.7 Å². The molecule has 25 heavy (non-hydrogen) atoms. The molecular weight excluding hydrogens is 324 g/mol. The van der Waals surface area contributed by atoms with Crippen LogP contribution in [-0.2, 0) is 7.05 Å². The average Bonchev–Trinajstić information content (AvgIpc) is 2.59. The smallest absolute Gasteiger partial charge is 0.269 e. The van der Waals surface area contributed by atoms with E-state index in [9.17, 15) is 20.2 Å². The van der Waals surface area contributed by atoms with E-state index in [0.29, 0.717) is 17.0 Å². The average molecular weight is 338 g/mol. The Morgan fingerprint density at radius 2 is 2.00 bits per heavy atom. The molecule has 1 atom stereocenters. The first-order valence-corrected chi connectivity index (χ1v) is 7.37. The van der Waals surface area contributed by atoms with Gasteiger partial charge in [-0.05, 0) is 12.5 Å². The van der Waals surface area contributed by atoms with Crippen molar-refractivity contribution in [2.45, 2.75) is 12.8 Å². The van der Waals surface area contributed by atoms with E-state index in [-0.39, 0.29) is 28.3 Å². The van der Waals surface area contributed by atoms with Crippen molar-refractivity contribution >= 4 is 5.69 Å². The van der Waals surface area contributed by atoms with Crippen LogP contribution in [0.3, 0.4) is 0 Å². The van der Waals surface area contributed by atoms with Gasteiger partial charge in [0.15, 0.2) is 0 Å². The van der Waals surface area contributed by atoms with Crippen molar-refractivity contribution in [2.24, 2.45) is 12.8 Å². The highest BCUT2D eigenvalue weighted by Crippen LogP contribution is 2.40. The standard InChI is InChI=1S/C17H14N4O4/c1-9-7-13-15(17(22)20(9)2)14(12(8-18)16(19)25-13)10-3-5-11(6-4-10)21(23)24/h3-7,14H,19H2,1-2H3/t14-/m1/s1. The maximum absolute atomic E-state index is 12.8. The molecule has 2 aromatic rings. The highest BCUT2D eigenvalue weighted by molar-refractivity contribution is 5.55. The van der Waals surface area contributed by atoms with Crippen LogP contribution < -0.4 is 16.0 Å². The van der Waals surface area contributed by atoms with E-state index in [1.807, 2.05) is 6.07 Å². The number of nitrogens with two attached hydrogens (primary N) is 1. The second kappa shape index (κ2) is 5.79. The number of rotatable bonds is 2. The minimum Gasteiger partial charge on any atom is -0.440 e. The van der Waals surface area contributed by atoms with E-state index in [1.165, 1.54) is 28.8 Å². The third kappa shape index (κ3) is 2.52. The number of fused-ring (bicyclic) bond motifs is 1. The maximum Gasteiger partial charge on any atom is 0.269 e. The lowest BCUT2D eigenvalue weighted by Gasteiger charge is -2.26. The summed E-state index contributed by atoms with van der Waals surface area (Å²) in [7, 11) is 1.62. The van der Waals surface area contributed by atoms with Gasteiger partial charge in [-0.25, -0.2) is 0 Å². The largest absolute Gasteiger partial charge is 0.440 e. The Hall–Kier alpha value is -3.60.